The van der Waals surface area contributed by atoms with Crippen molar-refractivity contribution in [1.82, 2.24) is 35.8 Å². The van der Waals surface area contributed by atoms with Crippen molar-refractivity contribution >= 4 is 5.82 Å². The number of aromatic nitrogens is 7. The molecule has 9 nitrogen and oxygen atoms in total. The van der Waals surface area contributed by atoms with Gasteiger partial charge in [-0.15, -0.1) is 10.2 Å². The van der Waals surface area contributed by atoms with Crippen LogP contribution in [0.4, 0.5) is 5.82 Å². The molecule has 0 radical (unpaired) electrons. The summed E-state index contributed by atoms with van der Waals surface area (Å²) < 4.78 is 0. The third kappa shape index (κ3) is 1.86. The van der Waals surface area contributed by atoms with Crippen LogP contribution in [0, 0.1) is 0 Å². The number of hydrogen-bond donors (Lipinski definition) is 4. The van der Waals surface area contributed by atoms with Gasteiger partial charge in [0, 0.05) is 24.9 Å². The fourth-order valence-corrected chi connectivity index (χ4v) is 1.80. The summed E-state index contributed by atoms with van der Waals surface area (Å²) in [5.74, 6) is 1.03. The Morgan fingerprint density at radius 2 is 2.16 bits per heavy atom. The third-order valence-electron chi connectivity index (χ3n) is 2.64. The molecule has 0 saturated carbocycles. The van der Waals surface area contributed by atoms with Gasteiger partial charge in [-0.2, -0.15) is 10.3 Å². The molecule has 9 heteroatoms. The van der Waals surface area contributed by atoms with Gasteiger partial charge in [-0.3, -0.25) is 9.89 Å². The molecular formula is C10H10N8O. The van der Waals surface area contributed by atoms with E-state index in [1.54, 1.807) is 19.3 Å². The van der Waals surface area contributed by atoms with E-state index in [9.17, 15) is 4.79 Å². The van der Waals surface area contributed by atoms with E-state index in [1.807, 2.05) is 0 Å². The van der Waals surface area contributed by atoms with Gasteiger partial charge in [0.05, 0.1) is 5.56 Å². The summed E-state index contributed by atoms with van der Waals surface area (Å²) in [5, 5.41) is 23.7. The van der Waals surface area contributed by atoms with E-state index in [0.29, 0.717) is 17.3 Å². The first-order valence-electron chi connectivity index (χ1n) is 5.48. The SMILES string of the molecule is CNc1n[nH]c(-c2nn[nH]n2)c1-c1ccc(=O)[nH]c1. The Hall–Kier alpha value is -2.97. The summed E-state index contributed by atoms with van der Waals surface area (Å²) in [6.45, 7) is 0. The zero-order chi connectivity index (χ0) is 13.2. The van der Waals surface area contributed by atoms with Crippen LogP contribution in [0.5, 0.6) is 0 Å². The van der Waals surface area contributed by atoms with Crippen LogP contribution >= 0.6 is 0 Å². The predicted octanol–water partition coefficient (Wildman–Crippen LogP) is -0.0132. The lowest BCUT2D eigenvalue weighted by molar-refractivity contribution is 0.881. The number of pyridine rings is 1. The molecule has 0 fully saturated rings. The summed E-state index contributed by atoms with van der Waals surface area (Å²) in [7, 11) is 1.76. The number of nitrogens with zero attached hydrogens (tertiary/aromatic N) is 4. The quantitative estimate of drug-likeness (QED) is 0.523. The molecular weight excluding hydrogens is 248 g/mol. The smallest absolute Gasteiger partial charge is 0.247 e. The maximum atomic E-state index is 11.1. The number of tetrazole rings is 1. The minimum atomic E-state index is -0.167. The van der Waals surface area contributed by atoms with Crippen LogP contribution in [0.15, 0.2) is 23.1 Å². The Labute approximate surface area is 106 Å². The van der Waals surface area contributed by atoms with Gasteiger partial charge < -0.3 is 10.3 Å². The molecule has 0 spiro atoms. The number of rotatable bonds is 3. The van der Waals surface area contributed by atoms with Crippen LogP contribution in [0.3, 0.4) is 0 Å². The van der Waals surface area contributed by atoms with Gasteiger partial charge in [-0.1, -0.05) is 0 Å². The van der Waals surface area contributed by atoms with E-state index in [1.165, 1.54) is 6.07 Å². The first kappa shape index (κ1) is 11.1. The van der Waals surface area contributed by atoms with Gasteiger partial charge in [0.1, 0.15) is 5.69 Å². The Balaban J connectivity index is 2.21. The van der Waals surface area contributed by atoms with Crippen LogP contribution in [0.2, 0.25) is 0 Å². The third-order valence-corrected chi connectivity index (χ3v) is 2.64. The molecule has 3 heterocycles. The fraction of sp³-hybridized carbons (Fsp3) is 0.100. The van der Waals surface area contributed by atoms with E-state index in [2.05, 4.69) is 41.1 Å². The molecule has 0 aliphatic carbocycles. The highest BCUT2D eigenvalue weighted by Crippen LogP contribution is 2.33. The lowest BCUT2D eigenvalue weighted by Crippen LogP contribution is -2.02. The second kappa shape index (κ2) is 4.37. The summed E-state index contributed by atoms with van der Waals surface area (Å²) >= 11 is 0. The number of aromatic amines is 3. The molecule has 0 aromatic carbocycles. The van der Waals surface area contributed by atoms with Crippen molar-refractivity contribution in [2.45, 2.75) is 0 Å². The largest absolute Gasteiger partial charge is 0.371 e. The minimum Gasteiger partial charge on any atom is -0.371 e. The zero-order valence-electron chi connectivity index (χ0n) is 9.93. The normalized spacial score (nSPS) is 10.6. The molecule has 19 heavy (non-hydrogen) atoms. The molecule has 0 saturated heterocycles. The highest BCUT2D eigenvalue weighted by Gasteiger charge is 2.18. The van der Waals surface area contributed by atoms with Gasteiger partial charge in [0.2, 0.25) is 11.4 Å². The van der Waals surface area contributed by atoms with E-state index >= 15 is 0 Å². The van der Waals surface area contributed by atoms with E-state index < -0.39 is 0 Å². The molecule has 3 aromatic heterocycles. The minimum absolute atomic E-state index is 0.167. The average Bonchev–Trinajstić information content (AvgIpc) is 3.08. The number of H-pyrrole nitrogens is 3. The molecule has 0 amide bonds. The first-order chi connectivity index (χ1) is 9.29. The van der Waals surface area contributed by atoms with Gasteiger partial charge >= 0.3 is 0 Å². The number of anilines is 1. The number of hydrogen-bond acceptors (Lipinski definition) is 6. The van der Waals surface area contributed by atoms with Crippen molar-refractivity contribution in [3.05, 3.63) is 28.7 Å². The molecule has 3 aromatic rings. The maximum absolute atomic E-state index is 11.1. The second-order valence-electron chi connectivity index (χ2n) is 3.75. The van der Waals surface area contributed by atoms with E-state index in [4.69, 9.17) is 0 Å². The second-order valence-corrected chi connectivity index (χ2v) is 3.75. The molecule has 0 aliphatic rings. The van der Waals surface area contributed by atoms with Gasteiger partial charge in [-0.05, 0) is 11.3 Å². The van der Waals surface area contributed by atoms with Crippen molar-refractivity contribution in [3.8, 4) is 22.6 Å². The van der Waals surface area contributed by atoms with Crippen molar-refractivity contribution < 1.29 is 0 Å². The van der Waals surface area contributed by atoms with Gasteiger partial charge in [0.15, 0.2) is 5.82 Å². The fourth-order valence-electron chi connectivity index (χ4n) is 1.80. The lowest BCUT2D eigenvalue weighted by Gasteiger charge is -2.03. The zero-order valence-corrected chi connectivity index (χ0v) is 9.93. The predicted molar refractivity (Wildman–Crippen MR) is 67.4 cm³/mol. The molecule has 96 valence electrons. The summed E-state index contributed by atoms with van der Waals surface area (Å²) in [4.78, 5) is 13.7. The van der Waals surface area contributed by atoms with Crippen molar-refractivity contribution in [3.63, 3.8) is 0 Å². The summed E-state index contributed by atoms with van der Waals surface area (Å²) in [6.07, 6.45) is 1.61. The average molecular weight is 258 g/mol. The molecule has 0 unspecified atom stereocenters. The molecule has 0 bridgehead atoms. The first-order valence-corrected chi connectivity index (χ1v) is 5.48. The molecule has 0 aliphatic heterocycles. The Morgan fingerprint density at radius 1 is 1.26 bits per heavy atom. The van der Waals surface area contributed by atoms with E-state index in [0.717, 1.165) is 11.1 Å². The van der Waals surface area contributed by atoms with E-state index in [-0.39, 0.29) is 5.56 Å². The molecule has 4 N–H and O–H groups in total. The highest BCUT2D eigenvalue weighted by atomic mass is 16.1. The van der Waals surface area contributed by atoms with Crippen LogP contribution in [-0.4, -0.2) is 42.9 Å². The standard InChI is InChI=1S/C10H10N8O/c1-11-9-7(5-2-3-6(19)12-4-5)8(13-14-9)10-15-17-18-16-10/h2-4H,1H3,(H,12,19)(H2,11,13,14)(H,15,16,17,18). The van der Waals surface area contributed by atoms with Crippen LogP contribution < -0.4 is 10.9 Å². The highest BCUT2D eigenvalue weighted by molar-refractivity contribution is 5.86. The molecule has 0 atom stereocenters. The van der Waals surface area contributed by atoms with Crippen LogP contribution in [0.1, 0.15) is 0 Å². The lowest BCUT2D eigenvalue weighted by atomic mass is 10.1. The van der Waals surface area contributed by atoms with Gasteiger partial charge in [0.25, 0.3) is 0 Å². The van der Waals surface area contributed by atoms with Crippen molar-refractivity contribution in [2.24, 2.45) is 0 Å². The Morgan fingerprint density at radius 3 is 2.79 bits per heavy atom. The van der Waals surface area contributed by atoms with Crippen molar-refractivity contribution in [1.29, 1.82) is 0 Å². The van der Waals surface area contributed by atoms with Crippen molar-refractivity contribution in [2.75, 3.05) is 12.4 Å². The Kier molecular flexibility index (Phi) is 2.56. The number of nitrogens with one attached hydrogen (secondary N) is 4. The monoisotopic (exact) mass is 258 g/mol. The Bertz CT molecular complexity index is 721. The summed E-state index contributed by atoms with van der Waals surface area (Å²) in [5.41, 5.74) is 2.00. The summed E-state index contributed by atoms with van der Waals surface area (Å²) in [6, 6.07) is 3.15. The van der Waals surface area contributed by atoms with Crippen LogP contribution in [-0.2, 0) is 0 Å². The van der Waals surface area contributed by atoms with Gasteiger partial charge in [-0.25, -0.2) is 0 Å². The molecule has 3 rings (SSSR count). The van der Waals surface area contributed by atoms with Crippen LogP contribution in [0.25, 0.3) is 22.6 Å². The topological polar surface area (TPSA) is 128 Å². The maximum Gasteiger partial charge on any atom is 0.247 e.